The van der Waals surface area contributed by atoms with Crippen LogP contribution in [0.5, 0.6) is 0 Å². The van der Waals surface area contributed by atoms with Crippen LogP contribution in [0.25, 0.3) is 0 Å². The van der Waals surface area contributed by atoms with Crippen LogP contribution in [0.15, 0.2) is 47.5 Å². The fourth-order valence-corrected chi connectivity index (χ4v) is 3.94. The van der Waals surface area contributed by atoms with Crippen LogP contribution < -0.4 is 10.0 Å². The first-order valence-corrected chi connectivity index (χ1v) is 8.70. The molecule has 2 aromatic rings. The van der Waals surface area contributed by atoms with Gasteiger partial charge in [-0.25, -0.2) is 10.0 Å². The summed E-state index contributed by atoms with van der Waals surface area (Å²) in [6.45, 7) is 2.37. The minimum atomic E-state index is -0.246. The van der Waals surface area contributed by atoms with E-state index < -0.39 is 0 Å². The summed E-state index contributed by atoms with van der Waals surface area (Å²) in [5.74, 6) is 0.733. The van der Waals surface area contributed by atoms with E-state index in [1.165, 1.54) is 6.20 Å². The SMILES string of the molecule is CC1(c2cnnn2N2C=NC3c4ccccc4N4CN(F)C=C4N32)CC1. The maximum Gasteiger partial charge on any atom is 0.173 e. The van der Waals surface area contributed by atoms with Crippen LogP contribution in [-0.2, 0) is 5.41 Å². The van der Waals surface area contributed by atoms with Gasteiger partial charge in [0.05, 0.1) is 23.8 Å². The number of nitrogens with zero attached hydrogens (tertiary/aromatic N) is 8. The van der Waals surface area contributed by atoms with Gasteiger partial charge in [-0.05, 0) is 24.1 Å². The number of anilines is 1. The van der Waals surface area contributed by atoms with Gasteiger partial charge in [0.2, 0.25) is 0 Å². The molecule has 9 heteroatoms. The van der Waals surface area contributed by atoms with E-state index in [2.05, 4.69) is 17.2 Å². The van der Waals surface area contributed by atoms with Crippen LogP contribution in [0, 0.1) is 0 Å². The number of hydrogen-bond donors (Lipinski definition) is 0. The molecule has 8 nitrogen and oxygen atoms in total. The van der Waals surface area contributed by atoms with E-state index in [0.29, 0.717) is 5.12 Å². The van der Waals surface area contributed by atoms with Crippen molar-refractivity contribution in [2.24, 2.45) is 4.99 Å². The van der Waals surface area contributed by atoms with Gasteiger partial charge in [-0.2, -0.15) is 10.2 Å². The van der Waals surface area contributed by atoms with Crippen molar-refractivity contribution in [1.29, 1.82) is 0 Å². The molecule has 0 radical (unpaired) electrons. The van der Waals surface area contributed by atoms with E-state index in [0.717, 1.165) is 35.6 Å². The Hall–Kier alpha value is -3.10. The van der Waals surface area contributed by atoms with Crippen molar-refractivity contribution in [3.05, 3.63) is 53.7 Å². The highest BCUT2D eigenvalue weighted by atomic mass is 19.2. The molecule has 1 aliphatic carbocycles. The normalized spacial score (nSPS) is 24.5. The molecule has 4 aliphatic rings. The summed E-state index contributed by atoms with van der Waals surface area (Å²) in [5.41, 5.74) is 3.16. The van der Waals surface area contributed by atoms with Crippen molar-refractivity contribution in [2.75, 3.05) is 16.7 Å². The van der Waals surface area contributed by atoms with Crippen LogP contribution in [0.4, 0.5) is 10.2 Å². The molecule has 1 aromatic carbocycles. The number of aromatic nitrogens is 3. The smallest absolute Gasteiger partial charge is 0.173 e. The summed E-state index contributed by atoms with van der Waals surface area (Å²) in [6.07, 6.45) is 7.05. The Kier molecular flexibility index (Phi) is 2.46. The molecule has 0 amide bonds. The van der Waals surface area contributed by atoms with Gasteiger partial charge in [-0.3, -0.25) is 0 Å². The van der Waals surface area contributed by atoms with Gasteiger partial charge in [0.1, 0.15) is 13.0 Å². The van der Waals surface area contributed by atoms with Crippen molar-refractivity contribution in [3.8, 4) is 0 Å². The molecule has 1 unspecified atom stereocenters. The second-order valence-corrected chi connectivity index (χ2v) is 7.39. The van der Waals surface area contributed by atoms with Gasteiger partial charge in [0.25, 0.3) is 0 Å². The Bertz CT molecular complexity index is 961. The molecule has 0 saturated heterocycles. The highest BCUT2D eigenvalue weighted by Crippen LogP contribution is 2.49. The molecule has 1 aromatic heterocycles. The molecule has 0 spiro atoms. The average molecular weight is 352 g/mol. The average Bonchev–Trinajstić information content (AvgIpc) is 3.05. The van der Waals surface area contributed by atoms with Gasteiger partial charge in [0, 0.05) is 11.0 Å². The maximum absolute atomic E-state index is 14.1. The number of para-hydroxylation sites is 1. The first-order valence-electron chi connectivity index (χ1n) is 8.70. The minimum absolute atomic E-state index is 0.0962. The molecule has 0 bridgehead atoms. The fourth-order valence-electron chi connectivity index (χ4n) is 3.94. The number of halogens is 1. The molecule has 132 valence electrons. The zero-order valence-corrected chi connectivity index (χ0v) is 14.2. The lowest BCUT2D eigenvalue weighted by molar-refractivity contribution is 0.104. The van der Waals surface area contributed by atoms with Crippen molar-refractivity contribution in [1.82, 2.24) is 25.2 Å². The van der Waals surface area contributed by atoms with Crippen LogP contribution in [0.2, 0.25) is 0 Å². The van der Waals surface area contributed by atoms with E-state index in [4.69, 9.17) is 4.99 Å². The van der Waals surface area contributed by atoms with Crippen molar-refractivity contribution >= 4 is 12.0 Å². The Balaban J connectivity index is 1.49. The third kappa shape index (κ3) is 1.69. The zero-order chi connectivity index (χ0) is 17.5. The van der Waals surface area contributed by atoms with Gasteiger partial charge >= 0.3 is 0 Å². The number of fused-ring (bicyclic) bond motifs is 6. The van der Waals surface area contributed by atoms with Crippen LogP contribution >= 0.6 is 0 Å². The Labute approximate surface area is 149 Å². The molecular weight excluding hydrogens is 335 g/mol. The van der Waals surface area contributed by atoms with Gasteiger partial charge < -0.3 is 4.90 Å². The van der Waals surface area contributed by atoms with E-state index in [-0.39, 0.29) is 18.2 Å². The number of hydrazine groups is 1. The Morgan fingerprint density at radius 2 is 2.08 bits per heavy atom. The Morgan fingerprint density at radius 1 is 1.23 bits per heavy atom. The quantitative estimate of drug-likeness (QED) is 0.771. The first kappa shape index (κ1) is 14.1. The van der Waals surface area contributed by atoms with Crippen molar-refractivity contribution < 1.29 is 4.48 Å². The largest absolute Gasteiger partial charge is 0.304 e. The topological polar surface area (TPSA) is 56.0 Å². The highest BCUT2D eigenvalue weighted by Gasteiger charge is 2.48. The monoisotopic (exact) mass is 352 g/mol. The third-order valence-corrected chi connectivity index (χ3v) is 5.66. The lowest BCUT2D eigenvalue weighted by atomic mass is 10.1. The summed E-state index contributed by atoms with van der Waals surface area (Å²) in [4.78, 5) is 8.42. The molecule has 1 atom stereocenters. The van der Waals surface area contributed by atoms with Crippen molar-refractivity contribution in [2.45, 2.75) is 31.3 Å². The summed E-state index contributed by atoms with van der Waals surface area (Å²) in [5, 5.41) is 12.9. The highest BCUT2D eigenvalue weighted by molar-refractivity contribution is 5.74. The van der Waals surface area contributed by atoms with Crippen LogP contribution in [0.1, 0.15) is 37.2 Å². The second-order valence-electron chi connectivity index (χ2n) is 7.39. The molecule has 1 fully saturated rings. The van der Waals surface area contributed by atoms with Crippen LogP contribution in [-0.4, -0.2) is 38.2 Å². The standard InChI is InChI=1S/C17H17FN8/c1-17(6-7-17)14-8-20-21-26(14)24-10-19-16-12-4-2-3-5-13(12)23-11-22(18)9-15(23)25(16)24/h2-5,8-10,16H,6-7,11H2,1H3. The van der Waals surface area contributed by atoms with E-state index in [9.17, 15) is 4.48 Å². The maximum atomic E-state index is 14.1. The Morgan fingerprint density at radius 3 is 2.92 bits per heavy atom. The second kappa shape index (κ2) is 4.54. The fraction of sp³-hybridized carbons (Fsp3) is 0.353. The number of aliphatic imine (C=N–C) groups is 1. The molecule has 1 saturated carbocycles. The summed E-state index contributed by atoms with van der Waals surface area (Å²) < 4.78 is 14.1. The summed E-state index contributed by atoms with van der Waals surface area (Å²) in [6, 6.07) is 7.99. The lowest BCUT2D eigenvalue weighted by Crippen LogP contribution is -2.52. The van der Waals surface area contributed by atoms with Gasteiger partial charge in [0.15, 0.2) is 12.0 Å². The third-order valence-electron chi connectivity index (χ3n) is 5.66. The first-order chi connectivity index (χ1) is 12.7. The van der Waals surface area contributed by atoms with Gasteiger partial charge in [-0.15, -0.1) is 9.89 Å². The molecular formula is C17H17FN8. The number of hydrogen-bond acceptors (Lipinski definition) is 7. The van der Waals surface area contributed by atoms with Gasteiger partial charge in [-0.1, -0.05) is 29.6 Å². The van der Waals surface area contributed by atoms with E-state index >= 15 is 0 Å². The van der Waals surface area contributed by atoms with E-state index in [1.54, 1.807) is 11.1 Å². The molecule has 6 rings (SSSR count). The molecule has 26 heavy (non-hydrogen) atoms. The zero-order valence-electron chi connectivity index (χ0n) is 14.2. The minimum Gasteiger partial charge on any atom is -0.304 e. The summed E-state index contributed by atoms with van der Waals surface area (Å²) in [7, 11) is 0. The lowest BCUT2D eigenvalue weighted by Gasteiger charge is -2.42. The van der Waals surface area contributed by atoms with Crippen LogP contribution in [0.3, 0.4) is 0 Å². The van der Waals surface area contributed by atoms with Crippen molar-refractivity contribution in [3.63, 3.8) is 0 Å². The predicted octanol–water partition coefficient (Wildman–Crippen LogP) is 2.00. The predicted molar refractivity (Wildman–Crippen MR) is 92.7 cm³/mol. The molecule has 0 N–H and O–H groups in total. The number of benzene rings is 1. The molecule has 3 aliphatic heterocycles. The summed E-state index contributed by atoms with van der Waals surface area (Å²) >= 11 is 0. The molecule has 4 heterocycles. The van der Waals surface area contributed by atoms with E-state index in [1.807, 2.05) is 45.5 Å². The number of rotatable bonds is 2.